The molecule has 0 radical (unpaired) electrons. The Labute approximate surface area is 169 Å². The van der Waals surface area contributed by atoms with E-state index >= 15 is 0 Å². The summed E-state index contributed by atoms with van der Waals surface area (Å²) < 4.78 is 1.97. The summed E-state index contributed by atoms with van der Waals surface area (Å²) in [5.41, 5.74) is 3.13. The van der Waals surface area contributed by atoms with Gasteiger partial charge in [-0.3, -0.25) is 9.89 Å². The second kappa shape index (κ2) is 9.54. The molecule has 0 unspecified atom stereocenters. The predicted octanol–water partition coefficient (Wildman–Crippen LogP) is 3.43. The molecule has 3 aromatic rings. The summed E-state index contributed by atoms with van der Waals surface area (Å²) in [5.74, 6) is 0.460. The van der Waals surface area contributed by atoms with E-state index in [9.17, 15) is 4.79 Å². The lowest BCUT2D eigenvalue weighted by Gasteiger charge is -2.17. The number of hydrogen-bond donors (Lipinski definition) is 1. The lowest BCUT2D eigenvalue weighted by atomic mass is 10.1. The fourth-order valence-electron chi connectivity index (χ4n) is 2.80. The number of aromatic amines is 1. The maximum atomic E-state index is 12.4. The Morgan fingerprint density at radius 2 is 2.07 bits per heavy atom. The van der Waals surface area contributed by atoms with Crippen LogP contribution in [0.5, 0.6) is 0 Å². The van der Waals surface area contributed by atoms with Crippen molar-refractivity contribution in [2.24, 2.45) is 0 Å². The number of rotatable bonds is 9. The first-order valence-electron chi connectivity index (χ1n) is 9.40. The van der Waals surface area contributed by atoms with Crippen molar-refractivity contribution in [1.29, 1.82) is 0 Å². The zero-order valence-corrected chi connectivity index (χ0v) is 17.3. The van der Waals surface area contributed by atoms with E-state index in [1.165, 1.54) is 11.8 Å². The first kappa shape index (κ1) is 20.1. The largest absolute Gasteiger partial charge is 0.345 e. The molecule has 0 saturated carbocycles. The number of amides is 1. The van der Waals surface area contributed by atoms with Crippen molar-refractivity contribution in [2.75, 3.05) is 19.3 Å². The molecule has 0 bridgehead atoms. The van der Waals surface area contributed by atoms with Gasteiger partial charge in [0.2, 0.25) is 5.91 Å². The number of nitrogens with one attached hydrogen (secondary N) is 1. The molecule has 2 aromatic heterocycles. The summed E-state index contributed by atoms with van der Waals surface area (Å²) in [6, 6.07) is 12.5. The Balaban J connectivity index is 1.43. The summed E-state index contributed by atoms with van der Waals surface area (Å²) >= 11 is 1.43. The molecule has 0 aliphatic rings. The van der Waals surface area contributed by atoms with Crippen LogP contribution in [0.4, 0.5) is 0 Å². The summed E-state index contributed by atoms with van der Waals surface area (Å²) in [7, 11) is 1.85. The van der Waals surface area contributed by atoms with Crippen LogP contribution in [-0.4, -0.2) is 55.1 Å². The molecule has 2 heterocycles. The smallest absolute Gasteiger partial charge is 0.232 e. The molecule has 0 atom stereocenters. The van der Waals surface area contributed by atoms with Gasteiger partial charge in [-0.05, 0) is 32.8 Å². The molecule has 1 aromatic carbocycles. The normalized spacial score (nSPS) is 11.1. The lowest BCUT2D eigenvalue weighted by Crippen LogP contribution is -2.29. The van der Waals surface area contributed by atoms with Crippen LogP contribution in [0.15, 0.2) is 47.9 Å². The van der Waals surface area contributed by atoms with Crippen LogP contribution in [0, 0.1) is 0 Å². The Morgan fingerprint density at radius 3 is 2.82 bits per heavy atom. The summed E-state index contributed by atoms with van der Waals surface area (Å²) in [5, 5.41) is 16.3. The molecule has 0 aliphatic carbocycles. The fourth-order valence-corrected chi connectivity index (χ4v) is 3.79. The van der Waals surface area contributed by atoms with Crippen molar-refractivity contribution in [1.82, 2.24) is 29.9 Å². The van der Waals surface area contributed by atoms with Crippen LogP contribution in [0.3, 0.4) is 0 Å². The van der Waals surface area contributed by atoms with E-state index in [0.717, 1.165) is 34.9 Å². The van der Waals surface area contributed by atoms with Gasteiger partial charge in [0.15, 0.2) is 5.16 Å². The third kappa shape index (κ3) is 5.22. The summed E-state index contributed by atoms with van der Waals surface area (Å²) in [6.45, 7) is 4.84. The van der Waals surface area contributed by atoms with Crippen LogP contribution in [-0.2, 0) is 11.2 Å². The molecular formula is C20H26N6OS. The van der Waals surface area contributed by atoms with Gasteiger partial charge < -0.3 is 9.47 Å². The van der Waals surface area contributed by atoms with E-state index in [1.54, 1.807) is 11.2 Å². The number of carbonyl (C=O) groups is 1. The number of benzene rings is 1. The predicted molar refractivity (Wildman–Crippen MR) is 111 cm³/mol. The monoisotopic (exact) mass is 398 g/mol. The van der Waals surface area contributed by atoms with Gasteiger partial charge in [0.1, 0.15) is 6.33 Å². The van der Waals surface area contributed by atoms with E-state index in [4.69, 9.17) is 0 Å². The van der Waals surface area contributed by atoms with Gasteiger partial charge in [-0.25, -0.2) is 0 Å². The van der Waals surface area contributed by atoms with Crippen molar-refractivity contribution in [3.63, 3.8) is 0 Å². The maximum absolute atomic E-state index is 12.4. The summed E-state index contributed by atoms with van der Waals surface area (Å²) in [6.07, 6.45) is 3.44. The highest BCUT2D eigenvalue weighted by Gasteiger charge is 2.13. The molecule has 0 spiro atoms. The average Bonchev–Trinajstić information content (AvgIpc) is 3.36. The quantitative estimate of drug-likeness (QED) is 0.559. The minimum atomic E-state index is 0.0953. The standard InChI is InChI=1S/C20H26N6OS/c1-15(2)26-14-21-24-20(26)28-13-19(27)25(3)11-7-10-17-12-18(23-22-17)16-8-5-4-6-9-16/h4-6,8-9,12,14-15H,7,10-11,13H2,1-3H3,(H,22,23). The van der Waals surface area contributed by atoms with E-state index in [1.807, 2.05) is 41.9 Å². The first-order valence-corrected chi connectivity index (χ1v) is 10.4. The number of carbonyl (C=O) groups excluding carboxylic acids is 1. The van der Waals surface area contributed by atoms with Crippen LogP contribution in [0.2, 0.25) is 0 Å². The Bertz CT molecular complexity index is 889. The summed E-state index contributed by atoms with van der Waals surface area (Å²) in [4.78, 5) is 14.2. The number of thioether (sulfide) groups is 1. The van der Waals surface area contributed by atoms with Crippen LogP contribution in [0.25, 0.3) is 11.3 Å². The Kier molecular flexibility index (Phi) is 6.86. The number of aromatic nitrogens is 5. The van der Waals surface area contributed by atoms with Gasteiger partial charge in [0.05, 0.1) is 11.4 Å². The minimum Gasteiger partial charge on any atom is -0.345 e. The van der Waals surface area contributed by atoms with Crippen LogP contribution >= 0.6 is 11.8 Å². The van der Waals surface area contributed by atoms with Crippen molar-refractivity contribution < 1.29 is 4.79 Å². The van der Waals surface area contributed by atoms with E-state index in [-0.39, 0.29) is 11.9 Å². The van der Waals surface area contributed by atoms with Crippen molar-refractivity contribution >= 4 is 17.7 Å². The lowest BCUT2D eigenvalue weighted by molar-refractivity contribution is -0.127. The highest BCUT2D eigenvalue weighted by Crippen LogP contribution is 2.19. The maximum Gasteiger partial charge on any atom is 0.232 e. The third-order valence-electron chi connectivity index (χ3n) is 4.49. The van der Waals surface area contributed by atoms with E-state index in [2.05, 4.69) is 40.3 Å². The van der Waals surface area contributed by atoms with Gasteiger partial charge in [0.25, 0.3) is 0 Å². The molecule has 1 amide bonds. The molecule has 148 valence electrons. The van der Waals surface area contributed by atoms with Crippen molar-refractivity contribution in [3.05, 3.63) is 48.4 Å². The molecule has 7 nitrogen and oxygen atoms in total. The van der Waals surface area contributed by atoms with Crippen LogP contribution in [0.1, 0.15) is 32.0 Å². The molecule has 0 fully saturated rings. The second-order valence-electron chi connectivity index (χ2n) is 6.97. The number of nitrogens with zero attached hydrogens (tertiary/aromatic N) is 5. The molecular weight excluding hydrogens is 372 g/mol. The fraction of sp³-hybridized carbons (Fsp3) is 0.400. The highest BCUT2D eigenvalue weighted by atomic mass is 32.2. The van der Waals surface area contributed by atoms with Gasteiger partial charge in [-0.2, -0.15) is 5.10 Å². The molecule has 28 heavy (non-hydrogen) atoms. The molecule has 3 rings (SSSR count). The number of hydrogen-bond acceptors (Lipinski definition) is 5. The van der Waals surface area contributed by atoms with Gasteiger partial charge >= 0.3 is 0 Å². The molecule has 1 N–H and O–H groups in total. The first-order chi connectivity index (χ1) is 13.5. The number of H-pyrrole nitrogens is 1. The third-order valence-corrected chi connectivity index (χ3v) is 5.43. The van der Waals surface area contributed by atoms with Crippen molar-refractivity contribution in [2.45, 2.75) is 37.9 Å². The second-order valence-corrected chi connectivity index (χ2v) is 7.91. The molecule has 0 saturated heterocycles. The Morgan fingerprint density at radius 1 is 1.29 bits per heavy atom. The topological polar surface area (TPSA) is 79.7 Å². The Hall–Kier alpha value is -2.61. The van der Waals surface area contributed by atoms with Gasteiger partial charge in [0, 0.05) is 30.9 Å². The average molecular weight is 399 g/mol. The minimum absolute atomic E-state index is 0.0953. The SMILES string of the molecule is CC(C)n1cnnc1SCC(=O)N(C)CCCc1cc(-c2ccccc2)n[nH]1. The molecule has 8 heteroatoms. The zero-order chi connectivity index (χ0) is 19.9. The molecule has 0 aliphatic heterocycles. The van der Waals surface area contributed by atoms with E-state index < -0.39 is 0 Å². The number of aryl methyl sites for hydroxylation is 1. The highest BCUT2D eigenvalue weighted by molar-refractivity contribution is 7.99. The van der Waals surface area contributed by atoms with Gasteiger partial charge in [-0.15, -0.1) is 10.2 Å². The zero-order valence-electron chi connectivity index (χ0n) is 16.5. The van der Waals surface area contributed by atoms with Crippen molar-refractivity contribution in [3.8, 4) is 11.3 Å². The van der Waals surface area contributed by atoms with Gasteiger partial charge in [-0.1, -0.05) is 42.1 Å². The van der Waals surface area contributed by atoms with Crippen LogP contribution < -0.4 is 0 Å². The van der Waals surface area contributed by atoms with E-state index in [0.29, 0.717) is 12.3 Å².